The number of alkyl halides is 3. The number of nitrogens with one attached hydrogen (secondary N) is 1. The smallest absolute Gasteiger partial charge is 0.384 e. The van der Waals surface area contributed by atoms with Gasteiger partial charge in [-0.15, -0.1) is 0 Å². The highest BCUT2D eigenvalue weighted by Gasteiger charge is 2.31. The summed E-state index contributed by atoms with van der Waals surface area (Å²) >= 11 is 0. The third-order valence-electron chi connectivity index (χ3n) is 3.88. The van der Waals surface area contributed by atoms with Gasteiger partial charge in [0.15, 0.2) is 0 Å². The van der Waals surface area contributed by atoms with E-state index < -0.39 is 11.7 Å². The Bertz CT molecular complexity index is 451. The summed E-state index contributed by atoms with van der Waals surface area (Å²) in [4.78, 5) is 3.91. The lowest BCUT2D eigenvalue weighted by Gasteiger charge is -2.26. The van der Waals surface area contributed by atoms with Gasteiger partial charge in [0, 0.05) is 6.54 Å². The second-order valence-corrected chi connectivity index (χ2v) is 5.67. The van der Waals surface area contributed by atoms with E-state index >= 15 is 0 Å². The lowest BCUT2D eigenvalue weighted by molar-refractivity contribution is -0.137. The Morgan fingerprint density at radius 1 is 1.25 bits per heavy atom. The predicted molar refractivity (Wildman–Crippen MR) is 73.3 cm³/mol. The highest BCUT2D eigenvalue weighted by molar-refractivity contribution is 5.47. The SMILES string of the molecule is CC1CCC(CNc2cc(C(F)(F)F)cc(N)n2)CC1. The molecule has 1 saturated carbocycles. The zero-order chi connectivity index (χ0) is 14.8. The van der Waals surface area contributed by atoms with Crippen LogP contribution in [-0.2, 0) is 6.18 Å². The fourth-order valence-electron chi connectivity index (χ4n) is 2.59. The van der Waals surface area contributed by atoms with Crippen LogP contribution in [0.2, 0.25) is 0 Å². The van der Waals surface area contributed by atoms with Crippen molar-refractivity contribution in [3.8, 4) is 0 Å². The van der Waals surface area contributed by atoms with Crippen molar-refractivity contribution in [3.05, 3.63) is 17.7 Å². The van der Waals surface area contributed by atoms with Gasteiger partial charge in [-0.05, 0) is 36.8 Å². The quantitative estimate of drug-likeness (QED) is 0.886. The number of rotatable bonds is 3. The Morgan fingerprint density at radius 2 is 1.90 bits per heavy atom. The maximum Gasteiger partial charge on any atom is 0.416 e. The molecule has 0 radical (unpaired) electrons. The maximum atomic E-state index is 12.7. The summed E-state index contributed by atoms with van der Waals surface area (Å²) in [5.41, 5.74) is 4.67. The van der Waals surface area contributed by atoms with Crippen LogP contribution in [-0.4, -0.2) is 11.5 Å². The van der Waals surface area contributed by atoms with Gasteiger partial charge in [-0.3, -0.25) is 0 Å². The van der Waals surface area contributed by atoms with Crippen LogP contribution in [0.3, 0.4) is 0 Å². The van der Waals surface area contributed by atoms with Gasteiger partial charge >= 0.3 is 6.18 Å². The van der Waals surface area contributed by atoms with Crippen molar-refractivity contribution in [3.63, 3.8) is 0 Å². The molecule has 0 bridgehead atoms. The molecule has 112 valence electrons. The summed E-state index contributed by atoms with van der Waals surface area (Å²) in [6.07, 6.45) is 0.202. The van der Waals surface area contributed by atoms with Crippen molar-refractivity contribution in [2.24, 2.45) is 11.8 Å². The minimum Gasteiger partial charge on any atom is -0.384 e. The van der Waals surface area contributed by atoms with Crippen LogP contribution in [0.5, 0.6) is 0 Å². The van der Waals surface area contributed by atoms with Gasteiger partial charge in [0.1, 0.15) is 11.6 Å². The number of anilines is 2. The van der Waals surface area contributed by atoms with Crippen LogP contribution < -0.4 is 11.1 Å². The number of nitrogen functional groups attached to an aromatic ring is 1. The van der Waals surface area contributed by atoms with E-state index in [2.05, 4.69) is 17.2 Å². The molecule has 1 aromatic rings. The Kier molecular flexibility index (Phi) is 4.40. The number of hydrogen-bond acceptors (Lipinski definition) is 3. The molecule has 0 atom stereocenters. The Balaban J connectivity index is 1.97. The fourth-order valence-corrected chi connectivity index (χ4v) is 2.59. The van der Waals surface area contributed by atoms with Gasteiger partial charge in [0.2, 0.25) is 0 Å². The average Bonchev–Trinajstić information content (AvgIpc) is 2.36. The first-order valence-corrected chi connectivity index (χ1v) is 6.93. The molecule has 1 aliphatic rings. The Labute approximate surface area is 116 Å². The van der Waals surface area contributed by atoms with Crippen LogP contribution in [0, 0.1) is 11.8 Å². The second-order valence-electron chi connectivity index (χ2n) is 5.67. The van der Waals surface area contributed by atoms with Crippen molar-refractivity contribution < 1.29 is 13.2 Å². The number of nitrogens with two attached hydrogens (primary N) is 1. The zero-order valence-corrected chi connectivity index (χ0v) is 11.5. The highest BCUT2D eigenvalue weighted by atomic mass is 19.4. The topological polar surface area (TPSA) is 50.9 Å². The number of pyridine rings is 1. The molecule has 0 aromatic carbocycles. The normalized spacial score (nSPS) is 23.6. The molecule has 1 aromatic heterocycles. The molecule has 0 saturated heterocycles. The summed E-state index contributed by atoms with van der Waals surface area (Å²) in [5.74, 6) is 1.35. The maximum absolute atomic E-state index is 12.7. The van der Waals surface area contributed by atoms with E-state index in [0.717, 1.165) is 30.9 Å². The average molecular weight is 287 g/mol. The van der Waals surface area contributed by atoms with Gasteiger partial charge in [-0.2, -0.15) is 13.2 Å². The van der Waals surface area contributed by atoms with Crippen molar-refractivity contribution in [2.75, 3.05) is 17.6 Å². The molecule has 20 heavy (non-hydrogen) atoms. The molecule has 1 heterocycles. The van der Waals surface area contributed by atoms with Crippen molar-refractivity contribution in [1.29, 1.82) is 0 Å². The summed E-state index contributed by atoms with van der Waals surface area (Å²) in [6.45, 7) is 2.89. The van der Waals surface area contributed by atoms with Crippen LogP contribution in [0.1, 0.15) is 38.2 Å². The molecule has 0 unspecified atom stereocenters. The number of aromatic nitrogens is 1. The van der Waals surface area contributed by atoms with Gasteiger partial charge < -0.3 is 11.1 Å². The van der Waals surface area contributed by atoms with Crippen LogP contribution in [0.15, 0.2) is 12.1 Å². The van der Waals surface area contributed by atoms with Gasteiger partial charge in [-0.1, -0.05) is 19.8 Å². The molecule has 2 rings (SSSR count). The number of halogens is 3. The van der Waals surface area contributed by atoms with E-state index in [9.17, 15) is 13.2 Å². The minimum atomic E-state index is -4.40. The molecule has 3 N–H and O–H groups in total. The third kappa shape index (κ3) is 4.02. The van der Waals surface area contributed by atoms with E-state index in [0.29, 0.717) is 12.5 Å². The number of hydrogen-bond donors (Lipinski definition) is 2. The minimum absolute atomic E-state index is 0.111. The highest BCUT2D eigenvalue weighted by Crippen LogP contribution is 2.32. The first-order valence-electron chi connectivity index (χ1n) is 6.93. The Morgan fingerprint density at radius 3 is 2.50 bits per heavy atom. The molecule has 3 nitrogen and oxygen atoms in total. The molecular formula is C14H20F3N3. The lowest BCUT2D eigenvalue weighted by atomic mass is 9.83. The van der Waals surface area contributed by atoms with Crippen molar-refractivity contribution >= 4 is 11.6 Å². The third-order valence-corrected chi connectivity index (χ3v) is 3.88. The van der Waals surface area contributed by atoms with Crippen molar-refractivity contribution in [1.82, 2.24) is 4.98 Å². The lowest BCUT2D eigenvalue weighted by Crippen LogP contribution is -2.21. The molecule has 0 spiro atoms. The van der Waals surface area contributed by atoms with Gasteiger partial charge in [0.25, 0.3) is 0 Å². The Hall–Kier alpha value is -1.46. The summed E-state index contributed by atoms with van der Waals surface area (Å²) in [6, 6.07) is 1.87. The van der Waals surface area contributed by atoms with E-state index in [1.165, 1.54) is 12.8 Å². The van der Waals surface area contributed by atoms with Crippen LogP contribution >= 0.6 is 0 Å². The van der Waals surface area contributed by atoms with Crippen LogP contribution in [0.4, 0.5) is 24.8 Å². The molecule has 0 amide bonds. The summed E-state index contributed by atoms with van der Waals surface area (Å²) < 4.78 is 38.0. The second kappa shape index (κ2) is 5.89. The molecule has 1 fully saturated rings. The summed E-state index contributed by atoms with van der Waals surface area (Å²) in [7, 11) is 0. The fraction of sp³-hybridized carbons (Fsp3) is 0.643. The largest absolute Gasteiger partial charge is 0.416 e. The number of nitrogens with zero attached hydrogens (tertiary/aromatic N) is 1. The van der Waals surface area contributed by atoms with E-state index in [1.807, 2.05) is 0 Å². The molecule has 0 aliphatic heterocycles. The van der Waals surface area contributed by atoms with Gasteiger partial charge in [-0.25, -0.2) is 4.98 Å². The monoisotopic (exact) mass is 287 g/mol. The predicted octanol–water partition coefficient (Wildman–Crippen LogP) is 3.92. The molecule has 6 heteroatoms. The van der Waals surface area contributed by atoms with Crippen LogP contribution in [0.25, 0.3) is 0 Å². The standard InChI is InChI=1S/C14H20F3N3/c1-9-2-4-10(5-3-9)8-19-13-7-11(14(15,16)17)6-12(18)20-13/h6-7,9-10H,2-5,8H2,1H3,(H3,18,19,20). The first-order chi connectivity index (χ1) is 9.34. The summed E-state index contributed by atoms with van der Waals surface area (Å²) in [5, 5.41) is 2.99. The van der Waals surface area contributed by atoms with E-state index in [-0.39, 0.29) is 11.6 Å². The van der Waals surface area contributed by atoms with Gasteiger partial charge in [0.05, 0.1) is 5.56 Å². The van der Waals surface area contributed by atoms with E-state index in [4.69, 9.17) is 5.73 Å². The molecular weight excluding hydrogens is 267 g/mol. The van der Waals surface area contributed by atoms with E-state index in [1.54, 1.807) is 0 Å². The zero-order valence-electron chi connectivity index (χ0n) is 11.5. The first kappa shape index (κ1) is 14.9. The molecule has 1 aliphatic carbocycles. The van der Waals surface area contributed by atoms with Crippen molar-refractivity contribution in [2.45, 2.75) is 38.8 Å².